The van der Waals surface area contributed by atoms with Crippen LogP contribution in [0.1, 0.15) is 18.4 Å². The van der Waals surface area contributed by atoms with E-state index in [0.29, 0.717) is 5.56 Å². The normalized spacial score (nSPS) is 17.0. The van der Waals surface area contributed by atoms with Crippen molar-refractivity contribution in [1.82, 2.24) is 9.21 Å². The van der Waals surface area contributed by atoms with Gasteiger partial charge in [0, 0.05) is 32.6 Å². The van der Waals surface area contributed by atoms with Crippen molar-refractivity contribution in [3.63, 3.8) is 0 Å². The summed E-state index contributed by atoms with van der Waals surface area (Å²) in [6, 6.07) is 8.73. The van der Waals surface area contributed by atoms with Crippen LogP contribution in [0.5, 0.6) is 0 Å². The predicted molar refractivity (Wildman–Crippen MR) is 82.5 cm³/mol. The topological polar surface area (TPSA) is 57.7 Å². The molecule has 1 aromatic carbocycles. The van der Waals surface area contributed by atoms with E-state index in [1.807, 2.05) is 0 Å². The van der Waals surface area contributed by atoms with Crippen LogP contribution in [0.4, 0.5) is 13.2 Å². The quantitative estimate of drug-likeness (QED) is 0.803. The molecule has 1 heterocycles. The monoisotopic (exact) mass is 364 g/mol. The highest BCUT2D eigenvalue weighted by atomic mass is 32.2. The van der Waals surface area contributed by atoms with Crippen LogP contribution in [-0.2, 0) is 20.6 Å². The lowest BCUT2D eigenvalue weighted by Gasteiger charge is -2.34. The highest BCUT2D eigenvalue weighted by Crippen LogP contribution is 2.22. The molecule has 1 saturated heterocycles. The van der Waals surface area contributed by atoms with Crippen LogP contribution in [0.3, 0.4) is 0 Å². The van der Waals surface area contributed by atoms with Gasteiger partial charge in [-0.15, -0.1) is 0 Å². The third-order valence-electron chi connectivity index (χ3n) is 3.80. The van der Waals surface area contributed by atoms with E-state index >= 15 is 0 Å². The van der Waals surface area contributed by atoms with E-state index in [1.54, 1.807) is 30.3 Å². The number of sulfonamides is 1. The first-order valence-corrected chi connectivity index (χ1v) is 9.14. The summed E-state index contributed by atoms with van der Waals surface area (Å²) < 4.78 is 62.5. The maximum absolute atomic E-state index is 12.4. The molecule has 0 aliphatic carbocycles. The number of amides is 1. The molecule has 0 unspecified atom stereocenters. The van der Waals surface area contributed by atoms with Crippen molar-refractivity contribution in [3.8, 4) is 0 Å². The van der Waals surface area contributed by atoms with Crippen LogP contribution in [-0.4, -0.2) is 55.9 Å². The minimum absolute atomic E-state index is 0.104. The van der Waals surface area contributed by atoms with Gasteiger partial charge in [0.2, 0.25) is 15.9 Å². The van der Waals surface area contributed by atoms with Crippen molar-refractivity contribution in [3.05, 3.63) is 35.9 Å². The number of carbonyl (C=O) groups excluding carboxylic acids is 1. The molecule has 1 aromatic rings. The van der Waals surface area contributed by atoms with Crippen molar-refractivity contribution in [2.45, 2.75) is 24.8 Å². The summed E-state index contributed by atoms with van der Waals surface area (Å²) in [6.07, 6.45) is -6.12. The van der Waals surface area contributed by atoms with Gasteiger partial charge in [-0.3, -0.25) is 4.79 Å². The van der Waals surface area contributed by atoms with Gasteiger partial charge in [0.05, 0.1) is 12.2 Å². The van der Waals surface area contributed by atoms with Gasteiger partial charge in [0.15, 0.2) is 0 Å². The number of carbonyl (C=O) groups is 1. The maximum atomic E-state index is 12.4. The lowest BCUT2D eigenvalue weighted by atomic mass is 10.2. The van der Waals surface area contributed by atoms with Crippen LogP contribution in [0.2, 0.25) is 0 Å². The Kier molecular flexibility index (Phi) is 5.87. The molecule has 9 heteroatoms. The van der Waals surface area contributed by atoms with Crippen LogP contribution in [0.15, 0.2) is 30.3 Å². The second-order valence-electron chi connectivity index (χ2n) is 5.64. The fourth-order valence-electron chi connectivity index (χ4n) is 2.50. The van der Waals surface area contributed by atoms with E-state index in [2.05, 4.69) is 0 Å². The first kappa shape index (κ1) is 18.7. The third kappa shape index (κ3) is 5.48. The Hall–Kier alpha value is -1.61. The number of alkyl halides is 3. The van der Waals surface area contributed by atoms with E-state index in [0.717, 1.165) is 0 Å². The Balaban J connectivity index is 1.86. The van der Waals surface area contributed by atoms with E-state index < -0.39 is 34.9 Å². The molecule has 0 atom stereocenters. The minimum atomic E-state index is -4.36. The molecule has 0 radical (unpaired) electrons. The SMILES string of the molecule is O=C(CCC(F)(F)F)N1CCN(S(=O)(=O)Cc2ccccc2)CC1. The van der Waals surface area contributed by atoms with Crippen LogP contribution >= 0.6 is 0 Å². The van der Waals surface area contributed by atoms with Crippen molar-refractivity contribution in [1.29, 1.82) is 0 Å². The fourth-order valence-corrected chi connectivity index (χ4v) is 4.01. The second kappa shape index (κ2) is 7.52. The number of hydrogen-bond acceptors (Lipinski definition) is 3. The van der Waals surface area contributed by atoms with Gasteiger partial charge in [-0.25, -0.2) is 8.42 Å². The summed E-state index contributed by atoms with van der Waals surface area (Å²) in [4.78, 5) is 13.0. The van der Waals surface area contributed by atoms with E-state index in [9.17, 15) is 26.4 Å². The van der Waals surface area contributed by atoms with Gasteiger partial charge in [0.25, 0.3) is 0 Å². The van der Waals surface area contributed by atoms with Gasteiger partial charge in [0.1, 0.15) is 0 Å². The highest BCUT2D eigenvalue weighted by Gasteiger charge is 2.32. The summed E-state index contributed by atoms with van der Waals surface area (Å²) in [7, 11) is -3.51. The van der Waals surface area contributed by atoms with Gasteiger partial charge in [-0.1, -0.05) is 30.3 Å². The molecule has 24 heavy (non-hydrogen) atoms. The molecule has 134 valence electrons. The number of benzene rings is 1. The van der Waals surface area contributed by atoms with Gasteiger partial charge < -0.3 is 4.90 Å². The zero-order valence-corrected chi connectivity index (χ0v) is 13.8. The number of hydrogen-bond donors (Lipinski definition) is 0. The Bertz CT molecular complexity index is 654. The average Bonchev–Trinajstić information content (AvgIpc) is 2.52. The Morgan fingerprint density at radius 3 is 2.17 bits per heavy atom. The van der Waals surface area contributed by atoms with Crippen molar-refractivity contribution in [2.24, 2.45) is 0 Å². The molecule has 1 amide bonds. The van der Waals surface area contributed by atoms with Gasteiger partial charge in [-0.05, 0) is 5.56 Å². The summed E-state index contributed by atoms with van der Waals surface area (Å²) in [5.74, 6) is -0.719. The molecule has 1 fully saturated rings. The number of nitrogens with zero attached hydrogens (tertiary/aromatic N) is 2. The number of piperazine rings is 1. The summed E-state index contributed by atoms with van der Waals surface area (Å²) in [5, 5.41) is 0. The van der Waals surface area contributed by atoms with Crippen LogP contribution in [0, 0.1) is 0 Å². The van der Waals surface area contributed by atoms with Crippen molar-refractivity contribution >= 4 is 15.9 Å². The second-order valence-corrected chi connectivity index (χ2v) is 7.61. The zero-order chi connectivity index (χ0) is 17.8. The fraction of sp³-hybridized carbons (Fsp3) is 0.533. The first-order chi connectivity index (χ1) is 11.2. The number of rotatable bonds is 5. The predicted octanol–water partition coefficient (Wildman–Crippen LogP) is 2.00. The smallest absolute Gasteiger partial charge is 0.340 e. The van der Waals surface area contributed by atoms with Gasteiger partial charge >= 0.3 is 6.18 Å². The Morgan fingerprint density at radius 2 is 1.62 bits per heavy atom. The average molecular weight is 364 g/mol. The summed E-state index contributed by atoms with van der Waals surface area (Å²) in [5.41, 5.74) is 0.668. The summed E-state index contributed by atoms with van der Waals surface area (Å²) in [6.45, 7) is 0.440. The Labute approximate surface area is 139 Å². The molecule has 0 bridgehead atoms. The van der Waals surface area contributed by atoms with E-state index in [1.165, 1.54) is 9.21 Å². The Morgan fingerprint density at radius 1 is 1.04 bits per heavy atom. The maximum Gasteiger partial charge on any atom is 0.389 e. The van der Waals surface area contributed by atoms with E-state index in [-0.39, 0.29) is 31.9 Å². The molecular weight excluding hydrogens is 345 g/mol. The molecule has 1 aliphatic heterocycles. The number of halogens is 3. The largest absolute Gasteiger partial charge is 0.389 e. The van der Waals surface area contributed by atoms with Crippen LogP contribution in [0.25, 0.3) is 0 Å². The molecule has 0 spiro atoms. The van der Waals surface area contributed by atoms with Crippen molar-refractivity contribution < 1.29 is 26.4 Å². The lowest BCUT2D eigenvalue weighted by Crippen LogP contribution is -2.50. The summed E-state index contributed by atoms with van der Waals surface area (Å²) >= 11 is 0. The zero-order valence-electron chi connectivity index (χ0n) is 13.0. The standard InChI is InChI=1S/C15H19F3N2O3S/c16-15(17,18)7-6-14(21)19-8-10-20(11-9-19)24(22,23)12-13-4-2-1-3-5-13/h1-5H,6-12H2. The van der Waals surface area contributed by atoms with E-state index in [4.69, 9.17) is 0 Å². The first-order valence-electron chi connectivity index (χ1n) is 7.54. The molecule has 5 nitrogen and oxygen atoms in total. The third-order valence-corrected chi connectivity index (χ3v) is 5.65. The molecule has 0 aromatic heterocycles. The highest BCUT2D eigenvalue weighted by molar-refractivity contribution is 7.88. The van der Waals surface area contributed by atoms with Crippen molar-refractivity contribution in [2.75, 3.05) is 26.2 Å². The lowest BCUT2D eigenvalue weighted by molar-refractivity contribution is -0.149. The molecule has 1 aliphatic rings. The molecule has 2 rings (SSSR count). The molecule has 0 saturated carbocycles. The molecule has 0 N–H and O–H groups in total. The van der Waals surface area contributed by atoms with Gasteiger partial charge in [-0.2, -0.15) is 17.5 Å². The van der Waals surface area contributed by atoms with Crippen LogP contribution < -0.4 is 0 Å². The minimum Gasteiger partial charge on any atom is -0.340 e. The molecular formula is C15H19F3N2O3S.